The smallest absolute Gasteiger partial charge is 0.343 e. The molecule has 0 aliphatic heterocycles. The van der Waals surface area contributed by atoms with E-state index in [0.29, 0.717) is 16.9 Å². The van der Waals surface area contributed by atoms with Gasteiger partial charge < -0.3 is 5.32 Å². The molecule has 0 spiro atoms. The normalized spacial score (nSPS) is 14.4. The molecule has 0 bridgehead atoms. The minimum Gasteiger partial charge on any atom is -0.343 e. The van der Waals surface area contributed by atoms with E-state index in [2.05, 4.69) is 10.6 Å². The molecule has 0 unspecified atom stereocenters. The van der Waals surface area contributed by atoms with Crippen LogP contribution in [-0.4, -0.2) is 76.0 Å². The molecule has 0 radical (unpaired) electrons. The number of carbonyl (C=O) groups is 2. The third-order valence-corrected chi connectivity index (χ3v) is 8.16. The van der Waals surface area contributed by atoms with E-state index in [9.17, 15) is 31.2 Å². The number of hydrogen-bond acceptors (Lipinski definition) is 7. The highest BCUT2D eigenvalue weighted by Gasteiger charge is 2.43. The molecule has 0 saturated heterocycles. The zero-order valence-corrected chi connectivity index (χ0v) is 25.6. The Labute approximate surface area is 244 Å². The van der Waals surface area contributed by atoms with Crippen LogP contribution in [-0.2, 0) is 24.3 Å². The van der Waals surface area contributed by atoms with E-state index < -0.39 is 46.0 Å². The molecule has 0 heterocycles. The van der Waals surface area contributed by atoms with E-state index in [4.69, 9.17) is 4.84 Å². The molecule has 2 N–H and O–H groups in total. The van der Waals surface area contributed by atoms with Crippen LogP contribution in [0.15, 0.2) is 53.4 Å². The Morgan fingerprint density at radius 2 is 1.54 bits per heavy atom. The third kappa shape index (κ3) is 10.3. The molecular weight excluding hydrogens is 579 g/mol. The number of hydrogen-bond donors (Lipinski definition) is 2. The maximum Gasteiger partial charge on any atom is 0.407 e. The Morgan fingerprint density at radius 1 is 1.00 bits per heavy atom. The fraction of sp³-hybridized carbons (Fsp3) is 0.500. The van der Waals surface area contributed by atoms with Gasteiger partial charge in [0.15, 0.2) is 9.84 Å². The summed E-state index contributed by atoms with van der Waals surface area (Å²) >= 11 is 1.47. The number of halogens is 3. The second-order valence-corrected chi connectivity index (χ2v) is 13.1. The van der Waals surface area contributed by atoms with Crippen molar-refractivity contribution in [3.05, 3.63) is 54.1 Å². The third-order valence-electron chi connectivity index (χ3n) is 6.39. The molecule has 2 aromatic carbocycles. The van der Waals surface area contributed by atoms with E-state index in [1.165, 1.54) is 62.3 Å². The number of sulfone groups is 1. The van der Waals surface area contributed by atoms with Crippen molar-refractivity contribution in [1.82, 2.24) is 15.7 Å². The zero-order chi connectivity index (χ0) is 31.0. The minimum absolute atomic E-state index is 0.0929. The van der Waals surface area contributed by atoms with Crippen LogP contribution in [0.25, 0.3) is 11.1 Å². The Hall–Kier alpha value is -2.61. The first-order valence-electron chi connectivity index (χ1n) is 12.9. The average molecular weight is 618 g/mol. The average Bonchev–Trinajstić information content (AvgIpc) is 2.91. The number of likely N-dealkylation sites (N-methyl/N-ethyl adjacent to an activating group) is 1. The van der Waals surface area contributed by atoms with E-state index in [-0.39, 0.29) is 29.2 Å². The lowest BCUT2D eigenvalue weighted by molar-refractivity contribution is -0.172. The lowest BCUT2D eigenvalue weighted by Gasteiger charge is -2.30. The number of nitrogens with zero attached hydrogens (tertiary/aromatic N) is 1. The van der Waals surface area contributed by atoms with Crippen LogP contribution in [0.5, 0.6) is 0 Å². The maximum absolute atomic E-state index is 14.3. The predicted octanol–water partition coefficient (Wildman–Crippen LogP) is 4.62. The van der Waals surface area contributed by atoms with Gasteiger partial charge in [-0.1, -0.05) is 50.2 Å². The van der Waals surface area contributed by atoms with E-state index in [1.807, 2.05) is 6.26 Å². The first kappa shape index (κ1) is 34.6. The Bertz CT molecular complexity index is 1250. The molecule has 0 saturated carbocycles. The summed E-state index contributed by atoms with van der Waals surface area (Å²) < 4.78 is 66.4. The van der Waals surface area contributed by atoms with Gasteiger partial charge in [0.05, 0.1) is 18.0 Å². The topological polar surface area (TPSA) is 105 Å². The maximum atomic E-state index is 14.3. The van der Waals surface area contributed by atoms with Crippen LogP contribution in [0.2, 0.25) is 0 Å². The number of amides is 2. The summed E-state index contributed by atoms with van der Waals surface area (Å²) in [6.45, 7) is 3.59. The van der Waals surface area contributed by atoms with Crippen LogP contribution in [0.3, 0.4) is 0 Å². The van der Waals surface area contributed by atoms with Crippen molar-refractivity contribution in [2.45, 2.75) is 55.9 Å². The number of carbonyl (C=O) groups excluding carboxylic acids is 2. The van der Waals surface area contributed by atoms with Gasteiger partial charge in [-0.15, -0.1) is 0 Å². The molecule has 228 valence electrons. The van der Waals surface area contributed by atoms with Gasteiger partial charge in [0.1, 0.15) is 12.1 Å². The van der Waals surface area contributed by atoms with Gasteiger partial charge >= 0.3 is 6.18 Å². The monoisotopic (exact) mass is 617 g/mol. The van der Waals surface area contributed by atoms with Crippen molar-refractivity contribution in [3.63, 3.8) is 0 Å². The van der Waals surface area contributed by atoms with E-state index in [0.717, 1.165) is 11.3 Å². The second kappa shape index (κ2) is 15.0. The minimum atomic E-state index is -4.72. The van der Waals surface area contributed by atoms with Gasteiger partial charge in [0.2, 0.25) is 5.91 Å². The molecule has 3 atom stereocenters. The van der Waals surface area contributed by atoms with Crippen LogP contribution >= 0.6 is 11.8 Å². The first-order chi connectivity index (χ1) is 19.1. The molecule has 2 rings (SSSR count). The highest BCUT2D eigenvalue weighted by atomic mass is 32.2. The molecule has 13 heteroatoms. The summed E-state index contributed by atoms with van der Waals surface area (Å²) in [6.07, 6.45) is -1.40. The van der Waals surface area contributed by atoms with Gasteiger partial charge in [-0.3, -0.25) is 19.7 Å². The second-order valence-electron chi connectivity index (χ2n) is 10.1. The molecule has 0 aliphatic carbocycles. The highest BCUT2D eigenvalue weighted by molar-refractivity contribution is 7.98. The van der Waals surface area contributed by atoms with Gasteiger partial charge in [-0.05, 0) is 59.6 Å². The van der Waals surface area contributed by atoms with Gasteiger partial charge in [0, 0.05) is 13.3 Å². The highest BCUT2D eigenvalue weighted by Crippen LogP contribution is 2.35. The number of thioether (sulfide) groups is 1. The number of hydroxylamine groups is 2. The van der Waals surface area contributed by atoms with Crippen molar-refractivity contribution in [2.75, 3.05) is 32.4 Å². The Morgan fingerprint density at radius 3 is 1.98 bits per heavy atom. The predicted molar refractivity (Wildman–Crippen MR) is 155 cm³/mol. The van der Waals surface area contributed by atoms with Crippen LogP contribution in [0, 0.1) is 5.92 Å². The number of rotatable bonds is 14. The van der Waals surface area contributed by atoms with Crippen molar-refractivity contribution in [1.29, 1.82) is 0 Å². The van der Waals surface area contributed by atoms with Gasteiger partial charge in [-0.2, -0.15) is 24.9 Å². The molecule has 0 aliphatic rings. The number of alkyl halides is 3. The van der Waals surface area contributed by atoms with Gasteiger partial charge in [-0.25, -0.2) is 13.5 Å². The number of benzene rings is 2. The molecule has 2 amide bonds. The Balaban J connectivity index is 2.33. The summed E-state index contributed by atoms with van der Waals surface area (Å²) in [5.41, 5.74) is 1.15. The summed E-state index contributed by atoms with van der Waals surface area (Å²) in [4.78, 5) is 31.1. The standard InChI is InChI=1S/C28H38F3N3O5S2/c1-18(2)17-24(26(35)33-23(15-16-40-5)27(36)34(3)39-4)32-25(28(29,30)31)21-9-7-19(8-10-21)20-11-13-22(14-12-20)41(6,37)38/h7-14,18,23-25,32H,15-17H2,1-6H3,(H,33,35)/t23-,24-,25-/m0/s1. The van der Waals surface area contributed by atoms with E-state index in [1.54, 1.807) is 26.0 Å². The van der Waals surface area contributed by atoms with E-state index >= 15 is 0 Å². The molecule has 2 aromatic rings. The molecular formula is C28H38F3N3O5S2. The van der Waals surface area contributed by atoms with Gasteiger partial charge in [0.25, 0.3) is 5.91 Å². The number of nitrogens with one attached hydrogen (secondary N) is 2. The van der Waals surface area contributed by atoms with Crippen LogP contribution < -0.4 is 10.6 Å². The van der Waals surface area contributed by atoms with Crippen molar-refractivity contribution >= 4 is 33.4 Å². The lowest BCUT2D eigenvalue weighted by Crippen LogP contribution is -2.55. The molecule has 0 fully saturated rings. The quantitative estimate of drug-likeness (QED) is 0.298. The lowest BCUT2D eigenvalue weighted by atomic mass is 9.97. The van der Waals surface area contributed by atoms with Crippen molar-refractivity contribution in [2.24, 2.45) is 5.92 Å². The summed E-state index contributed by atoms with van der Waals surface area (Å²) in [7, 11) is -0.680. The van der Waals surface area contributed by atoms with Crippen molar-refractivity contribution < 1.29 is 36.0 Å². The fourth-order valence-electron chi connectivity index (χ4n) is 4.14. The first-order valence-corrected chi connectivity index (χ1v) is 16.2. The molecule has 41 heavy (non-hydrogen) atoms. The Kier molecular flexibility index (Phi) is 12.7. The molecule has 8 nitrogen and oxygen atoms in total. The SMILES string of the molecule is CON(C)C(=O)[C@H](CCSC)NC(=O)[C@H](CC(C)C)N[C@@H](c1ccc(-c2ccc(S(C)(=O)=O)cc2)cc1)C(F)(F)F. The van der Waals surface area contributed by atoms with Crippen LogP contribution in [0.1, 0.15) is 38.3 Å². The van der Waals surface area contributed by atoms with Crippen LogP contribution in [0.4, 0.5) is 13.2 Å². The van der Waals surface area contributed by atoms with Crippen molar-refractivity contribution in [3.8, 4) is 11.1 Å². The summed E-state index contributed by atoms with van der Waals surface area (Å²) in [5, 5.41) is 6.11. The summed E-state index contributed by atoms with van der Waals surface area (Å²) in [6, 6.07) is 7.39. The zero-order valence-electron chi connectivity index (χ0n) is 24.0. The molecule has 0 aromatic heterocycles. The summed E-state index contributed by atoms with van der Waals surface area (Å²) in [5.74, 6) is -0.790. The fourth-order valence-corrected chi connectivity index (χ4v) is 5.24. The largest absolute Gasteiger partial charge is 0.407 e.